The molecule has 2 aromatic heterocycles. The van der Waals surface area contributed by atoms with Crippen LogP contribution in [0.4, 0.5) is 0 Å². The molecule has 0 aliphatic carbocycles. The molecule has 3 rings (SSSR count). The molecule has 28 heavy (non-hydrogen) atoms. The van der Waals surface area contributed by atoms with Gasteiger partial charge in [0.15, 0.2) is 5.96 Å². The van der Waals surface area contributed by atoms with Crippen LogP contribution in [-0.2, 0) is 13.0 Å². The van der Waals surface area contributed by atoms with Gasteiger partial charge >= 0.3 is 0 Å². The van der Waals surface area contributed by atoms with Gasteiger partial charge in [-0.1, -0.05) is 35.4 Å². The number of nitrogens with one attached hydrogen (secondary N) is 2. The normalized spacial score (nSPS) is 11.0. The summed E-state index contributed by atoms with van der Waals surface area (Å²) >= 11 is 5.80. The first-order valence-electron chi connectivity index (χ1n) is 8.70. The molecule has 0 radical (unpaired) electrons. The van der Waals surface area contributed by atoms with Crippen molar-refractivity contribution in [2.45, 2.75) is 19.9 Å². The number of hydrogen-bond donors (Lipinski definition) is 2. The highest BCUT2D eigenvalue weighted by Crippen LogP contribution is 2.18. The Labute approximate surface area is 186 Å². The first-order chi connectivity index (χ1) is 13.1. The van der Waals surface area contributed by atoms with E-state index in [-0.39, 0.29) is 24.0 Å². The second-order valence-corrected chi connectivity index (χ2v) is 6.49. The Bertz CT molecular complexity index is 894. The minimum Gasteiger partial charge on any atom is -0.444 e. The fourth-order valence-electron chi connectivity index (χ4n) is 2.49. The number of nitrogens with zero attached hydrogens (tertiary/aromatic N) is 3. The zero-order valence-electron chi connectivity index (χ0n) is 15.8. The summed E-state index contributed by atoms with van der Waals surface area (Å²) in [5.41, 5.74) is 4.10. The quantitative estimate of drug-likeness (QED) is 0.224. The van der Waals surface area contributed by atoms with Crippen LogP contribution in [0.15, 0.2) is 58.3 Å². The van der Waals surface area contributed by atoms with Crippen LogP contribution in [0.2, 0.25) is 5.15 Å². The van der Waals surface area contributed by atoms with Crippen molar-refractivity contribution in [2.75, 3.05) is 13.6 Å². The van der Waals surface area contributed by atoms with Crippen LogP contribution in [0, 0.1) is 6.92 Å². The number of oxazole rings is 1. The van der Waals surface area contributed by atoms with Gasteiger partial charge in [0.05, 0.1) is 12.2 Å². The number of aliphatic imine (C=N–C) groups is 1. The number of guanidine groups is 1. The highest BCUT2D eigenvalue weighted by molar-refractivity contribution is 14.0. The SMILES string of the molecule is CN=C(NCCc1ccc(Cl)nc1)NCc1coc(-c2ccc(C)cc2)n1.I. The third-order valence-corrected chi connectivity index (χ3v) is 4.23. The van der Waals surface area contributed by atoms with Gasteiger partial charge in [0.25, 0.3) is 0 Å². The number of benzene rings is 1. The van der Waals surface area contributed by atoms with Crippen LogP contribution >= 0.6 is 35.6 Å². The molecule has 0 saturated heterocycles. The van der Waals surface area contributed by atoms with Crippen molar-refractivity contribution >= 4 is 41.5 Å². The van der Waals surface area contributed by atoms with Crippen molar-refractivity contribution in [3.8, 4) is 11.5 Å². The standard InChI is InChI=1S/C20H22ClN5O.HI/c1-14-3-6-16(7-4-14)19-26-17(13-27-19)12-25-20(22-2)23-10-9-15-5-8-18(21)24-11-15;/h3-8,11,13H,9-10,12H2,1-2H3,(H2,22,23,25);1H. The number of aromatic nitrogens is 2. The van der Waals surface area contributed by atoms with Gasteiger partial charge in [-0.3, -0.25) is 4.99 Å². The van der Waals surface area contributed by atoms with Gasteiger partial charge in [0, 0.05) is 25.4 Å². The minimum absolute atomic E-state index is 0. The van der Waals surface area contributed by atoms with Crippen molar-refractivity contribution < 1.29 is 4.42 Å². The molecule has 3 aromatic rings. The predicted molar refractivity (Wildman–Crippen MR) is 123 cm³/mol. The molecule has 0 atom stereocenters. The van der Waals surface area contributed by atoms with Crippen LogP contribution in [0.25, 0.3) is 11.5 Å². The van der Waals surface area contributed by atoms with E-state index in [4.69, 9.17) is 16.0 Å². The molecule has 2 N–H and O–H groups in total. The molecule has 0 unspecified atom stereocenters. The van der Waals surface area contributed by atoms with E-state index in [1.165, 1.54) is 5.56 Å². The number of aryl methyl sites for hydroxylation is 1. The van der Waals surface area contributed by atoms with Crippen LogP contribution in [0.1, 0.15) is 16.8 Å². The van der Waals surface area contributed by atoms with Gasteiger partial charge in [-0.15, -0.1) is 24.0 Å². The lowest BCUT2D eigenvalue weighted by atomic mass is 10.1. The van der Waals surface area contributed by atoms with Crippen LogP contribution in [0.5, 0.6) is 0 Å². The molecule has 0 fully saturated rings. The minimum atomic E-state index is 0. The summed E-state index contributed by atoms with van der Waals surface area (Å²) in [6.07, 6.45) is 4.27. The average molecular weight is 512 g/mol. The first kappa shape index (κ1) is 22.2. The molecule has 0 spiro atoms. The third-order valence-electron chi connectivity index (χ3n) is 4.01. The maximum absolute atomic E-state index is 5.80. The summed E-state index contributed by atoms with van der Waals surface area (Å²) in [6.45, 7) is 3.31. The van der Waals surface area contributed by atoms with Crippen molar-refractivity contribution in [3.05, 3.63) is 70.8 Å². The second kappa shape index (κ2) is 11.0. The van der Waals surface area contributed by atoms with Crippen LogP contribution in [0.3, 0.4) is 0 Å². The van der Waals surface area contributed by atoms with E-state index in [2.05, 4.69) is 32.5 Å². The molecule has 2 heterocycles. The molecule has 0 amide bonds. The molecule has 0 saturated carbocycles. The Morgan fingerprint density at radius 2 is 1.93 bits per heavy atom. The number of halogens is 2. The van der Waals surface area contributed by atoms with E-state index in [1.54, 1.807) is 25.6 Å². The number of hydrogen-bond acceptors (Lipinski definition) is 4. The van der Waals surface area contributed by atoms with E-state index in [1.807, 2.05) is 30.3 Å². The molecule has 0 aliphatic rings. The Hall–Kier alpha value is -2.13. The fourth-order valence-corrected chi connectivity index (χ4v) is 2.60. The second-order valence-electron chi connectivity index (χ2n) is 6.10. The molecule has 0 bridgehead atoms. The molecular weight excluding hydrogens is 489 g/mol. The highest BCUT2D eigenvalue weighted by atomic mass is 127. The zero-order chi connectivity index (χ0) is 19.1. The van der Waals surface area contributed by atoms with E-state index < -0.39 is 0 Å². The Balaban J connectivity index is 0.00000280. The molecule has 6 nitrogen and oxygen atoms in total. The van der Waals surface area contributed by atoms with Crippen molar-refractivity contribution in [1.82, 2.24) is 20.6 Å². The lowest BCUT2D eigenvalue weighted by Gasteiger charge is -2.10. The van der Waals surface area contributed by atoms with Crippen LogP contribution < -0.4 is 10.6 Å². The van der Waals surface area contributed by atoms with Crippen LogP contribution in [-0.4, -0.2) is 29.5 Å². The van der Waals surface area contributed by atoms with Crippen molar-refractivity contribution in [1.29, 1.82) is 0 Å². The monoisotopic (exact) mass is 511 g/mol. The fraction of sp³-hybridized carbons (Fsp3) is 0.250. The maximum Gasteiger partial charge on any atom is 0.226 e. The van der Waals surface area contributed by atoms with E-state index in [0.717, 1.165) is 29.8 Å². The topological polar surface area (TPSA) is 75.3 Å². The Morgan fingerprint density at radius 1 is 1.14 bits per heavy atom. The summed E-state index contributed by atoms with van der Waals surface area (Å²) < 4.78 is 5.58. The zero-order valence-corrected chi connectivity index (χ0v) is 18.9. The van der Waals surface area contributed by atoms with Crippen molar-refractivity contribution in [3.63, 3.8) is 0 Å². The lowest BCUT2D eigenvalue weighted by Crippen LogP contribution is -2.37. The molecular formula is C20H23ClIN5O. The van der Waals surface area contributed by atoms with Gasteiger partial charge in [0.2, 0.25) is 5.89 Å². The van der Waals surface area contributed by atoms with Crippen molar-refractivity contribution in [2.24, 2.45) is 4.99 Å². The lowest BCUT2D eigenvalue weighted by molar-refractivity contribution is 0.572. The maximum atomic E-state index is 5.80. The highest BCUT2D eigenvalue weighted by Gasteiger charge is 2.07. The molecule has 148 valence electrons. The summed E-state index contributed by atoms with van der Waals surface area (Å²) in [5.74, 6) is 1.32. The summed E-state index contributed by atoms with van der Waals surface area (Å²) in [6, 6.07) is 11.9. The molecule has 0 aliphatic heterocycles. The van der Waals surface area contributed by atoms with Gasteiger partial charge < -0.3 is 15.1 Å². The number of pyridine rings is 1. The van der Waals surface area contributed by atoms with Gasteiger partial charge in [-0.2, -0.15) is 0 Å². The van der Waals surface area contributed by atoms with E-state index in [0.29, 0.717) is 23.5 Å². The molecule has 8 heteroatoms. The third kappa shape index (κ3) is 6.49. The summed E-state index contributed by atoms with van der Waals surface area (Å²) in [4.78, 5) is 12.8. The predicted octanol–water partition coefficient (Wildman–Crippen LogP) is 4.22. The average Bonchev–Trinajstić information content (AvgIpc) is 3.15. The largest absolute Gasteiger partial charge is 0.444 e. The summed E-state index contributed by atoms with van der Waals surface area (Å²) in [5, 5.41) is 7.00. The Morgan fingerprint density at radius 3 is 2.61 bits per heavy atom. The number of rotatable bonds is 6. The van der Waals surface area contributed by atoms with Gasteiger partial charge in [0.1, 0.15) is 11.4 Å². The van der Waals surface area contributed by atoms with Gasteiger partial charge in [-0.05, 0) is 37.1 Å². The Kier molecular flexibility index (Phi) is 8.72. The molecule has 1 aromatic carbocycles. The summed E-state index contributed by atoms with van der Waals surface area (Å²) in [7, 11) is 1.74. The smallest absolute Gasteiger partial charge is 0.226 e. The van der Waals surface area contributed by atoms with E-state index >= 15 is 0 Å². The first-order valence-corrected chi connectivity index (χ1v) is 9.08. The van der Waals surface area contributed by atoms with E-state index in [9.17, 15) is 0 Å². The van der Waals surface area contributed by atoms with Gasteiger partial charge in [-0.25, -0.2) is 9.97 Å².